The monoisotopic (exact) mass is 395 g/mol. The third-order valence-corrected chi connectivity index (χ3v) is 4.22. The zero-order chi connectivity index (χ0) is 21.1. The largest absolute Gasteiger partial charge is 0.497 e. The van der Waals surface area contributed by atoms with Gasteiger partial charge in [-0.05, 0) is 41.8 Å². The van der Waals surface area contributed by atoms with E-state index in [1.165, 1.54) is 6.20 Å². The molecule has 0 heterocycles. The van der Waals surface area contributed by atoms with Crippen LogP contribution in [0.2, 0.25) is 0 Å². The quantitative estimate of drug-likeness (QED) is 0.474. The first-order chi connectivity index (χ1) is 14.1. The van der Waals surface area contributed by atoms with Crippen LogP contribution in [0.15, 0.2) is 54.2 Å². The fraction of sp³-hybridized carbons (Fsp3) is 0.273. The molecule has 0 aliphatic carbocycles. The van der Waals surface area contributed by atoms with E-state index < -0.39 is 5.91 Å². The summed E-state index contributed by atoms with van der Waals surface area (Å²) in [5.74, 6) is 1.64. The summed E-state index contributed by atoms with van der Waals surface area (Å²) in [5.41, 5.74) is 2.02. The molecule has 29 heavy (non-hydrogen) atoms. The van der Waals surface area contributed by atoms with Crippen molar-refractivity contribution in [3.63, 3.8) is 0 Å². The summed E-state index contributed by atoms with van der Waals surface area (Å²) < 4.78 is 15.6. The van der Waals surface area contributed by atoms with Crippen LogP contribution in [0.1, 0.15) is 11.1 Å². The van der Waals surface area contributed by atoms with Crippen LogP contribution < -0.4 is 24.8 Å². The molecule has 0 bridgehead atoms. The van der Waals surface area contributed by atoms with Crippen molar-refractivity contribution in [1.29, 1.82) is 5.26 Å². The van der Waals surface area contributed by atoms with E-state index in [9.17, 15) is 10.1 Å². The Morgan fingerprint density at radius 2 is 1.69 bits per heavy atom. The summed E-state index contributed by atoms with van der Waals surface area (Å²) in [4.78, 5) is 12.2. The second-order valence-electron chi connectivity index (χ2n) is 6.09. The van der Waals surface area contributed by atoms with Crippen molar-refractivity contribution in [1.82, 2.24) is 10.6 Å². The van der Waals surface area contributed by atoms with Crippen LogP contribution in [0, 0.1) is 11.3 Å². The number of rotatable bonds is 10. The summed E-state index contributed by atoms with van der Waals surface area (Å²) in [6, 6.07) is 15.0. The molecule has 7 nitrogen and oxygen atoms in total. The molecule has 0 saturated heterocycles. The maximum Gasteiger partial charge on any atom is 0.263 e. The molecule has 0 fully saturated rings. The van der Waals surface area contributed by atoms with E-state index in [1.807, 2.05) is 48.5 Å². The normalized spacial score (nSPS) is 10.6. The van der Waals surface area contributed by atoms with Gasteiger partial charge < -0.3 is 24.8 Å². The lowest BCUT2D eigenvalue weighted by Gasteiger charge is -2.10. The van der Waals surface area contributed by atoms with Gasteiger partial charge in [-0.25, -0.2) is 0 Å². The standard InChI is InChI=1S/C22H25N3O4/c1-27-19-7-4-17(5-8-19)14-24-15-18(13-23)22(26)25-11-10-16-6-9-20(28-2)21(12-16)29-3/h4-9,12,15,24H,10-11,14H2,1-3H3,(H,25,26)/b18-15-. The predicted octanol–water partition coefficient (Wildman–Crippen LogP) is 2.57. The maximum absolute atomic E-state index is 12.2. The van der Waals surface area contributed by atoms with Crippen molar-refractivity contribution < 1.29 is 19.0 Å². The Bertz CT molecular complexity index is 886. The molecule has 1 amide bonds. The molecule has 2 aromatic rings. The maximum atomic E-state index is 12.2. The number of methoxy groups -OCH3 is 3. The van der Waals surface area contributed by atoms with Crippen LogP contribution in [0.25, 0.3) is 0 Å². The SMILES string of the molecule is COc1ccc(CN/C=C(/C#N)C(=O)NCCc2ccc(OC)c(OC)c2)cc1. The van der Waals surface area contributed by atoms with Gasteiger partial charge in [-0.1, -0.05) is 18.2 Å². The highest BCUT2D eigenvalue weighted by atomic mass is 16.5. The van der Waals surface area contributed by atoms with E-state index in [-0.39, 0.29) is 5.57 Å². The van der Waals surface area contributed by atoms with Gasteiger partial charge >= 0.3 is 0 Å². The van der Waals surface area contributed by atoms with Crippen LogP contribution in [-0.4, -0.2) is 33.8 Å². The average Bonchev–Trinajstić information content (AvgIpc) is 2.76. The van der Waals surface area contributed by atoms with Crippen LogP contribution in [0.4, 0.5) is 0 Å². The Balaban J connectivity index is 1.84. The van der Waals surface area contributed by atoms with Gasteiger partial charge in [0, 0.05) is 19.3 Å². The van der Waals surface area contributed by atoms with Gasteiger partial charge in [-0.15, -0.1) is 0 Å². The van der Waals surface area contributed by atoms with Crippen molar-refractivity contribution >= 4 is 5.91 Å². The Morgan fingerprint density at radius 1 is 1.00 bits per heavy atom. The molecule has 0 aliphatic rings. The zero-order valence-corrected chi connectivity index (χ0v) is 16.8. The van der Waals surface area contributed by atoms with E-state index in [4.69, 9.17) is 14.2 Å². The van der Waals surface area contributed by atoms with Crippen molar-refractivity contribution in [2.45, 2.75) is 13.0 Å². The smallest absolute Gasteiger partial charge is 0.263 e. The van der Waals surface area contributed by atoms with E-state index in [0.29, 0.717) is 31.0 Å². The first kappa shape index (κ1) is 21.6. The van der Waals surface area contributed by atoms with Crippen molar-refractivity contribution in [2.24, 2.45) is 0 Å². The number of benzene rings is 2. The van der Waals surface area contributed by atoms with Gasteiger partial charge in [0.2, 0.25) is 0 Å². The Hall–Kier alpha value is -3.66. The minimum atomic E-state index is -0.421. The van der Waals surface area contributed by atoms with Gasteiger partial charge in [0.25, 0.3) is 5.91 Å². The molecular formula is C22H25N3O4. The van der Waals surface area contributed by atoms with E-state index >= 15 is 0 Å². The second kappa shape index (κ2) is 11.2. The lowest BCUT2D eigenvalue weighted by molar-refractivity contribution is -0.117. The molecular weight excluding hydrogens is 370 g/mol. The predicted molar refractivity (Wildman–Crippen MR) is 110 cm³/mol. The number of amides is 1. The highest BCUT2D eigenvalue weighted by molar-refractivity contribution is 5.97. The number of hydrogen-bond donors (Lipinski definition) is 2. The minimum Gasteiger partial charge on any atom is -0.497 e. The fourth-order valence-electron chi connectivity index (χ4n) is 2.61. The van der Waals surface area contributed by atoms with Crippen LogP contribution in [-0.2, 0) is 17.8 Å². The van der Waals surface area contributed by atoms with Crippen molar-refractivity contribution in [3.05, 3.63) is 65.4 Å². The minimum absolute atomic E-state index is 0.0193. The Morgan fingerprint density at radius 3 is 2.31 bits per heavy atom. The average molecular weight is 395 g/mol. The summed E-state index contributed by atoms with van der Waals surface area (Å²) >= 11 is 0. The second-order valence-corrected chi connectivity index (χ2v) is 6.09. The van der Waals surface area contributed by atoms with Gasteiger partial charge in [-0.2, -0.15) is 5.26 Å². The Labute approximate surface area is 170 Å². The van der Waals surface area contributed by atoms with E-state index in [1.54, 1.807) is 21.3 Å². The van der Waals surface area contributed by atoms with Crippen molar-refractivity contribution in [2.75, 3.05) is 27.9 Å². The molecule has 2 aromatic carbocycles. The molecule has 0 radical (unpaired) electrons. The topological polar surface area (TPSA) is 92.6 Å². The summed E-state index contributed by atoms with van der Waals surface area (Å²) in [5, 5.41) is 15.0. The highest BCUT2D eigenvalue weighted by Crippen LogP contribution is 2.27. The molecule has 0 unspecified atom stereocenters. The van der Waals surface area contributed by atoms with E-state index in [0.717, 1.165) is 16.9 Å². The highest BCUT2D eigenvalue weighted by Gasteiger charge is 2.09. The van der Waals surface area contributed by atoms with E-state index in [2.05, 4.69) is 10.6 Å². The number of nitriles is 1. The first-order valence-electron chi connectivity index (χ1n) is 9.07. The Kier molecular flexibility index (Phi) is 8.39. The zero-order valence-electron chi connectivity index (χ0n) is 16.8. The first-order valence-corrected chi connectivity index (χ1v) is 9.07. The lowest BCUT2D eigenvalue weighted by atomic mass is 10.1. The fourth-order valence-corrected chi connectivity index (χ4v) is 2.61. The molecule has 0 saturated carbocycles. The summed E-state index contributed by atoms with van der Waals surface area (Å²) in [6.45, 7) is 0.889. The van der Waals surface area contributed by atoms with Gasteiger partial charge in [0.05, 0.1) is 21.3 Å². The molecule has 7 heteroatoms. The number of nitrogens with one attached hydrogen (secondary N) is 2. The third kappa shape index (κ3) is 6.47. The molecule has 0 spiro atoms. The third-order valence-electron chi connectivity index (χ3n) is 4.22. The lowest BCUT2D eigenvalue weighted by Crippen LogP contribution is -2.27. The summed E-state index contributed by atoms with van der Waals surface area (Å²) in [6.07, 6.45) is 2.03. The summed E-state index contributed by atoms with van der Waals surface area (Å²) in [7, 11) is 4.77. The number of ether oxygens (including phenoxy) is 3. The van der Waals surface area contributed by atoms with Crippen LogP contribution in [0.5, 0.6) is 17.2 Å². The van der Waals surface area contributed by atoms with Crippen molar-refractivity contribution in [3.8, 4) is 23.3 Å². The molecule has 0 aromatic heterocycles. The van der Waals surface area contributed by atoms with Crippen LogP contribution >= 0.6 is 0 Å². The molecule has 2 rings (SSSR count). The van der Waals surface area contributed by atoms with Crippen LogP contribution in [0.3, 0.4) is 0 Å². The number of carbonyl (C=O) groups excluding carboxylic acids is 1. The molecule has 0 atom stereocenters. The number of nitrogens with zero attached hydrogens (tertiary/aromatic N) is 1. The molecule has 0 aliphatic heterocycles. The molecule has 2 N–H and O–H groups in total. The molecule has 152 valence electrons. The van der Waals surface area contributed by atoms with Gasteiger partial charge in [0.15, 0.2) is 11.5 Å². The number of carbonyl (C=O) groups is 1. The van der Waals surface area contributed by atoms with Gasteiger partial charge in [0.1, 0.15) is 17.4 Å². The van der Waals surface area contributed by atoms with Gasteiger partial charge in [-0.3, -0.25) is 4.79 Å². The number of hydrogen-bond acceptors (Lipinski definition) is 6.